The molecule has 3 rings (SSSR count). The zero-order chi connectivity index (χ0) is 14.1. The van der Waals surface area contributed by atoms with Crippen LogP contribution in [-0.2, 0) is 19.4 Å². The monoisotopic (exact) mass is 274 g/mol. The van der Waals surface area contributed by atoms with Gasteiger partial charge in [0.1, 0.15) is 5.82 Å². The van der Waals surface area contributed by atoms with Gasteiger partial charge in [-0.3, -0.25) is 0 Å². The van der Waals surface area contributed by atoms with Gasteiger partial charge in [0.2, 0.25) is 0 Å². The van der Waals surface area contributed by atoms with Gasteiger partial charge in [-0.25, -0.2) is 9.97 Å². The van der Waals surface area contributed by atoms with Crippen molar-refractivity contribution in [2.24, 2.45) is 5.92 Å². The van der Waals surface area contributed by atoms with Crippen molar-refractivity contribution in [3.8, 4) is 0 Å². The van der Waals surface area contributed by atoms with Crippen LogP contribution in [0.3, 0.4) is 0 Å². The SMILES string of the molecule is Cc1nc(CN(C)C)nc2c1CC(CNC1CC1)CC2. The summed E-state index contributed by atoms with van der Waals surface area (Å²) in [7, 11) is 4.13. The first-order valence-corrected chi connectivity index (χ1v) is 7.85. The summed E-state index contributed by atoms with van der Waals surface area (Å²) in [6, 6.07) is 0.816. The molecule has 0 amide bonds. The van der Waals surface area contributed by atoms with E-state index < -0.39 is 0 Å². The van der Waals surface area contributed by atoms with E-state index in [2.05, 4.69) is 31.2 Å². The molecule has 0 radical (unpaired) electrons. The molecule has 110 valence electrons. The van der Waals surface area contributed by atoms with Crippen molar-refractivity contribution in [1.29, 1.82) is 0 Å². The van der Waals surface area contributed by atoms with E-state index in [1.165, 1.54) is 42.8 Å². The number of hydrogen-bond acceptors (Lipinski definition) is 4. The fourth-order valence-corrected chi connectivity index (χ4v) is 3.07. The Bertz CT molecular complexity index is 480. The number of rotatable bonds is 5. The van der Waals surface area contributed by atoms with Gasteiger partial charge in [0.05, 0.1) is 6.54 Å². The van der Waals surface area contributed by atoms with E-state index in [0.717, 1.165) is 37.2 Å². The lowest BCUT2D eigenvalue weighted by atomic mass is 9.85. The fraction of sp³-hybridized carbons (Fsp3) is 0.750. The Kier molecular flexibility index (Phi) is 4.03. The van der Waals surface area contributed by atoms with Crippen molar-refractivity contribution >= 4 is 0 Å². The number of nitrogens with zero attached hydrogens (tertiary/aromatic N) is 3. The number of fused-ring (bicyclic) bond motifs is 1. The van der Waals surface area contributed by atoms with Crippen LogP contribution in [-0.4, -0.2) is 41.5 Å². The summed E-state index contributed by atoms with van der Waals surface area (Å²) >= 11 is 0. The Hall–Kier alpha value is -1.00. The van der Waals surface area contributed by atoms with Gasteiger partial charge in [0, 0.05) is 17.4 Å². The van der Waals surface area contributed by atoms with E-state index in [1.54, 1.807) is 0 Å². The molecule has 2 aliphatic rings. The fourth-order valence-electron chi connectivity index (χ4n) is 3.07. The maximum absolute atomic E-state index is 4.78. The van der Waals surface area contributed by atoms with Gasteiger partial charge in [-0.1, -0.05) is 0 Å². The Morgan fingerprint density at radius 2 is 2.00 bits per heavy atom. The number of aryl methyl sites for hydroxylation is 2. The van der Waals surface area contributed by atoms with Crippen molar-refractivity contribution in [2.75, 3.05) is 20.6 Å². The quantitative estimate of drug-likeness (QED) is 0.887. The van der Waals surface area contributed by atoms with Crippen LogP contribution in [0.15, 0.2) is 0 Å². The van der Waals surface area contributed by atoms with Crippen LogP contribution in [0.2, 0.25) is 0 Å². The Labute approximate surface area is 122 Å². The van der Waals surface area contributed by atoms with E-state index in [4.69, 9.17) is 9.97 Å². The van der Waals surface area contributed by atoms with E-state index in [9.17, 15) is 0 Å². The molecule has 1 atom stereocenters. The van der Waals surface area contributed by atoms with Crippen LogP contribution >= 0.6 is 0 Å². The molecule has 0 aliphatic heterocycles. The second-order valence-corrected chi connectivity index (χ2v) is 6.68. The first-order valence-electron chi connectivity index (χ1n) is 7.85. The standard InChI is InChI=1S/C16H26N4/c1-11-14-8-12(9-17-13-5-6-13)4-7-15(14)19-16(18-11)10-20(2)3/h12-13,17H,4-10H2,1-3H3. The molecule has 1 unspecified atom stereocenters. The molecule has 0 bridgehead atoms. The molecule has 1 heterocycles. The number of nitrogens with one attached hydrogen (secondary N) is 1. The van der Waals surface area contributed by atoms with Gasteiger partial charge >= 0.3 is 0 Å². The minimum atomic E-state index is 0.769. The molecule has 1 N–H and O–H groups in total. The highest BCUT2D eigenvalue weighted by molar-refractivity contribution is 5.28. The molecule has 4 nitrogen and oxygen atoms in total. The molecule has 1 aromatic rings. The zero-order valence-corrected chi connectivity index (χ0v) is 12.9. The van der Waals surface area contributed by atoms with E-state index in [-0.39, 0.29) is 0 Å². The van der Waals surface area contributed by atoms with Gasteiger partial charge in [-0.2, -0.15) is 0 Å². The second-order valence-electron chi connectivity index (χ2n) is 6.68. The molecule has 2 aliphatic carbocycles. The second kappa shape index (κ2) is 5.78. The summed E-state index contributed by atoms with van der Waals surface area (Å²) in [5.74, 6) is 1.74. The van der Waals surface area contributed by atoms with Crippen molar-refractivity contribution in [2.45, 2.75) is 51.6 Å². The van der Waals surface area contributed by atoms with Crippen LogP contribution in [0, 0.1) is 12.8 Å². The van der Waals surface area contributed by atoms with Crippen LogP contribution in [0.1, 0.15) is 42.0 Å². The van der Waals surface area contributed by atoms with Gasteiger partial charge in [-0.05, 0) is 71.1 Å². The third-order valence-electron chi connectivity index (χ3n) is 4.36. The summed E-state index contributed by atoms with van der Waals surface area (Å²) < 4.78 is 0. The summed E-state index contributed by atoms with van der Waals surface area (Å²) in [4.78, 5) is 11.6. The smallest absolute Gasteiger partial charge is 0.142 e. The van der Waals surface area contributed by atoms with Gasteiger partial charge < -0.3 is 10.2 Å². The van der Waals surface area contributed by atoms with Crippen molar-refractivity contribution in [3.05, 3.63) is 22.8 Å². The summed E-state index contributed by atoms with van der Waals surface area (Å²) in [6.07, 6.45) is 6.29. The van der Waals surface area contributed by atoms with Gasteiger partial charge in [-0.15, -0.1) is 0 Å². The summed E-state index contributed by atoms with van der Waals surface area (Å²) in [5, 5.41) is 3.67. The molecule has 1 aromatic heterocycles. The molecule has 0 aromatic carbocycles. The predicted molar refractivity (Wildman–Crippen MR) is 80.7 cm³/mol. The average Bonchev–Trinajstić information content (AvgIpc) is 3.20. The first-order chi connectivity index (χ1) is 9.61. The molecule has 4 heteroatoms. The number of aromatic nitrogens is 2. The third kappa shape index (κ3) is 3.36. The van der Waals surface area contributed by atoms with Crippen molar-refractivity contribution < 1.29 is 0 Å². The maximum atomic E-state index is 4.78. The highest BCUT2D eigenvalue weighted by Gasteiger charge is 2.26. The molecule has 0 saturated heterocycles. The molecule has 20 heavy (non-hydrogen) atoms. The first kappa shape index (κ1) is 14.0. The molecule has 1 saturated carbocycles. The van der Waals surface area contributed by atoms with Crippen LogP contribution in [0.4, 0.5) is 0 Å². The highest BCUT2D eigenvalue weighted by Crippen LogP contribution is 2.27. The largest absolute Gasteiger partial charge is 0.314 e. The van der Waals surface area contributed by atoms with E-state index in [0.29, 0.717) is 0 Å². The minimum Gasteiger partial charge on any atom is -0.314 e. The lowest BCUT2D eigenvalue weighted by molar-refractivity contribution is 0.383. The molecular weight excluding hydrogens is 248 g/mol. The molecular formula is C16H26N4. The summed E-state index contributed by atoms with van der Waals surface area (Å²) in [5.41, 5.74) is 3.92. The Morgan fingerprint density at radius 3 is 2.70 bits per heavy atom. The highest BCUT2D eigenvalue weighted by atomic mass is 15.1. The van der Waals surface area contributed by atoms with E-state index >= 15 is 0 Å². The maximum Gasteiger partial charge on any atom is 0.142 e. The topological polar surface area (TPSA) is 41.1 Å². The predicted octanol–water partition coefficient (Wildman–Crippen LogP) is 1.70. The van der Waals surface area contributed by atoms with Crippen molar-refractivity contribution in [3.63, 3.8) is 0 Å². The van der Waals surface area contributed by atoms with Gasteiger partial charge in [0.15, 0.2) is 0 Å². The van der Waals surface area contributed by atoms with Crippen LogP contribution in [0.25, 0.3) is 0 Å². The zero-order valence-electron chi connectivity index (χ0n) is 12.9. The lowest BCUT2D eigenvalue weighted by Gasteiger charge is -2.26. The lowest BCUT2D eigenvalue weighted by Crippen LogP contribution is -2.30. The molecule has 0 spiro atoms. The Morgan fingerprint density at radius 1 is 1.20 bits per heavy atom. The van der Waals surface area contributed by atoms with Crippen molar-refractivity contribution in [1.82, 2.24) is 20.2 Å². The van der Waals surface area contributed by atoms with Crippen LogP contribution in [0.5, 0.6) is 0 Å². The Balaban J connectivity index is 1.69. The molecule has 1 fully saturated rings. The third-order valence-corrected chi connectivity index (χ3v) is 4.36. The van der Waals surface area contributed by atoms with Gasteiger partial charge in [0.25, 0.3) is 0 Å². The van der Waals surface area contributed by atoms with E-state index in [1.807, 2.05) is 0 Å². The van der Waals surface area contributed by atoms with Crippen LogP contribution < -0.4 is 5.32 Å². The summed E-state index contributed by atoms with van der Waals surface area (Å²) in [6.45, 7) is 4.15. The average molecular weight is 274 g/mol. The number of hydrogen-bond donors (Lipinski definition) is 1. The normalized spacial score (nSPS) is 22.1. The minimum absolute atomic E-state index is 0.769.